The lowest BCUT2D eigenvalue weighted by Gasteiger charge is -2.29. The summed E-state index contributed by atoms with van der Waals surface area (Å²) in [5.74, 6) is 0. The summed E-state index contributed by atoms with van der Waals surface area (Å²) in [5, 5.41) is 3.23. The Balaban J connectivity index is 1.79. The zero-order valence-corrected chi connectivity index (χ0v) is 13.0. The van der Waals surface area contributed by atoms with Gasteiger partial charge in [-0.2, -0.15) is 0 Å². The lowest BCUT2D eigenvalue weighted by molar-refractivity contribution is 0.254. The Morgan fingerprint density at radius 1 is 1.20 bits per heavy atom. The van der Waals surface area contributed by atoms with Gasteiger partial charge in [0.1, 0.15) is 0 Å². The fourth-order valence-corrected chi connectivity index (χ4v) is 3.91. The maximum Gasteiger partial charge on any atom is 0.0396 e. The number of aryl methyl sites for hydroxylation is 1. The van der Waals surface area contributed by atoms with Crippen molar-refractivity contribution < 1.29 is 0 Å². The van der Waals surface area contributed by atoms with Crippen LogP contribution in [0.1, 0.15) is 30.4 Å². The molecule has 2 atom stereocenters. The third-order valence-corrected chi connectivity index (χ3v) is 5.13. The number of likely N-dealkylation sites (N-methyl/N-ethyl adjacent to an activating group) is 1. The molecule has 20 heavy (non-hydrogen) atoms. The van der Waals surface area contributed by atoms with Gasteiger partial charge in [-0.15, -0.1) is 0 Å². The second kappa shape index (κ2) is 5.74. The molecule has 3 heteroatoms. The maximum atomic E-state index is 3.23. The van der Waals surface area contributed by atoms with Gasteiger partial charge in [-0.25, -0.2) is 0 Å². The third kappa shape index (κ3) is 2.57. The van der Waals surface area contributed by atoms with Crippen LogP contribution in [0.4, 0.5) is 5.69 Å². The van der Waals surface area contributed by atoms with Gasteiger partial charge < -0.3 is 10.2 Å². The molecule has 2 unspecified atom stereocenters. The molecule has 2 saturated heterocycles. The van der Waals surface area contributed by atoms with E-state index in [2.05, 4.69) is 47.3 Å². The molecule has 2 bridgehead atoms. The Kier molecular flexibility index (Phi) is 3.99. The van der Waals surface area contributed by atoms with E-state index in [-0.39, 0.29) is 0 Å². The molecule has 2 aliphatic heterocycles. The summed E-state index contributed by atoms with van der Waals surface area (Å²) >= 11 is 0. The number of anilines is 1. The average molecular weight is 273 g/mol. The van der Waals surface area contributed by atoms with Crippen LogP contribution < -0.4 is 10.2 Å². The first-order chi connectivity index (χ1) is 9.69. The van der Waals surface area contributed by atoms with Crippen LogP contribution in [-0.4, -0.2) is 44.2 Å². The highest BCUT2D eigenvalue weighted by Crippen LogP contribution is 2.32. The minimum atomic E-state index is 0.749. The van der Waals surface area contributed by atoms with Crippen molar-refractivity contribution in [2.45, 2.75) is 44.8 Å². The maximum absolute atomic E-state index is 3.23. The van der Waals surface area contributed by atoms with Gasteiger partial charge in [0, 0.05) is 37.4 Å². The van der Waals surface area contributed by atoms with Gasteiger partial charge in [0.25, 0.3) is 0 Å². The highest BCUT2D eigenvalue weighted by molar-refractivity contribution is 5.55. The van der Waals surface area contributed by atoms with Crippen LogP contribution in [0.5, 0.6) is 0 Å². The van der Waals surface area contributed by atoms with Crippen molar-refractivity contribution in [3.63, 3.8) is 0 Å². The molecule has 0 saturated carbocycles. The predicted octanol–water partition coefficient (Wildman–Crippen LogP) is 2.39. The minimum absolute atomic E-state index is 0.749. The second-order valence-corrected chi connectivity index (χ2v) is 6.44. The van der Waals surface area contributed by atoms with Crippen LogP contribution in [0.15, 0.2) is 18.2 Å². The first kappa shape index (κ1) is 13.9. The molecule has 1 aromatic rings. The van der Waals surface area contributed by atoms with Crippen molar-refractivity contribution in [3.8, 4) is 0 Å². The Bertz CT molecular complexity index is 471. The molecule has 1 aromatic carbocycles. The summed E-state index contributed by atoms with van der Waals surface area (Å²) in [5.41, 5.74) is 4.23. The number of hydrogen-bond donors (Lipinski definition) is 1. The number of hydrogen-bond acceptors (Lipinski definition) is 3. The van der Waals surface area contributed by atoms with Crippen LogP contribution in [0.3, 0.4) is 0 Å². The van der Waals surface area contributed by atoms with Gasteiger partial charge in [-0.3, -0.25) is 4.90 Å². The molecule has 0 spiro atoms. The molecule has 0 aromatic heterocycles. The van der Waals surface area contributed by atoms with Gasteiger partial charge in [-0.1, -0.05) is 12.1 Å². The van der Waals surface area contributed by atoms with E-state index < -0.39 is 0 Å². The van der Waals surface area contributed by atoms with E-state index in [1.807, 2.05) is 7.05 Å². The van der Waals surface area contributed by atoms with Crippen molar-refractivity contribution in [1.82, 2.24) is 10.2 Å². The van der Waals surface area contributed by atoms with Crippen LogP contribution in [0.2, 0.25) is 0 Å². The summed E-state index contributed by atoms with van der Waals surface area (Å²) in [7, 11) is 4.32. The van der Waals surface area contributed by atoms with Gasteiger partial charge in [0.15, 0.2) is 0 Å². The highest BCUT2D eigenvalue weighted by atomic mass is 15.3. The molecular formula is C17H27N3. The summed E-state index contributed by atoms with van der Waals surface area (Å²) in [4.78, 5) is 5.23. The predicted molar refractivity (Wildman–Crippen MR) is 85.3 cm³/mol. The number of nitrogens with zero attached hydrogens (tertiary/aromatic N) is 2. The zero-order valence-electron chi connectivity index (χ0n) is 13.0. The standard InChI is InChI=1S/C17H27N3/c1-13-10-14(11-18-2)4-7-17(13)20-9-8-15-5-6-16(12-20)19(15)3/h4,7,10,15-16,18H,5-6,8-9,11-12H2,1-3H3. The number of rotatable bonds is 3. The Morgan fingerprint density at radius 3 is 2.75 bits per heavy atom. The zero-order chi connectivity index (χ0) is 14.1. The van der Waals surface area contributed by atoms with E-state index >= 15 is 0 Å². The van der Waals surface area contributed by atoms with E-state index in [9.17, 15) is 0 Å². The quantitative estimate of drug-likeness (QED) is 0.912. The third-order valence-electron chi connectivity index (χ3n) is 5.13. The summed E-state index contributed by atoms with van der Waals surface area (Å²) < 4.78 is 0. The van der Waals surface area contributed by atoms with Crippen molar-refractivity contribution in [1.29, 1.82) is 0 Å². The Morgan fingerprint density at radius 2 is 2.00 bits per heavy atom. The summed E-state index contributed by atoms with van der Waals surface area (Å²) in [6, 6.07) is 8.48. The fourth-order valence-electron chi connectivity index (χ4n) is 3.91. The lowest BCUT2D eigenvalue weighted by atomic mass is 10.0. The molecule has 0 aliphatic carbocycles. The molecule has 3 rings (SSSR count). The Hall–Kier alpha value is -1.06. The van der Waals surface area contributed by atoms with E-state index in [0.29, 0.717) is 0 Å². The molecular weight excluding hydrogens is 246 g/mol. The van der Waals surface area contributed by atoms with Crippen LogP contribution in [-0.2, 0) is 6.54 Å². The Labute approximate surface area is 123 Å². The van der Waals surface area contributed by atoms with Gasteiger partial charge >= 0.3 is 0 Å². The molecule has 2 fully saturated rings. The first-order valence-electron chi connectivity index (χ1n) is 7.90. The second-order valence-electron chi connectivity index (χ2n) is 6.44. The molecule has 3 nitrogen and oxygen atoms in total. The van der Waals surface area contributed by atoms with Gasteiger partial charge in [0.05, 0.1) is 0 Å². The molecule has 110 valence electrons. The number of fused-ring (bicyclic) bond motifs is 2. The lowest BCUT2D eigenvalue weighted by Crippen LogP contribution is -2.36. The molecule has 2 heterocycles. The monoisotopic (exact) mass is 273 g/mol. The van der Waals surface area contributed by atoms with Crippen LogP contribution in [0.25, 0.3) is 0 Å². The van der Waals surface area contributed by atoms with Crippen molar-refractivity contribution >= 4 is 5.69 Å². The normalized spacial score (nSPS) is 26.9. The van der Waals surface area contributed by atoms with E-state index in [0.717, 1.165) is 18.6 Å². The molecule has 1 N–H and O–H groups in total. The van der Waals surface area contributed by atoms with Gasteiger partial charge in [-0.05, 0) is 57.5 Å². The number of benzene rings is 1. The van der Waals surface area contributed by atoms with Crippen molar-refractivity contribution in [3.05, 3.63) is 29.3 Å². The fraction of sp³-hybridized carbons (Fsp3) is 0.647. The smallest absolute Gasteiger partial charge is 0.0396 e. The van der Waals surface area contributed by atoms with Crippen molar-refractivity contribution in [2.75, 3.05) is 32.1 Å². The number of nitrogens with one attached hydrogen (secondary N) is 1. The van der Waals surface area contributed by atoms with Crippen LogP contribution >= 0.6 is 0 Å². The summed E-state index contributed by atoms with van der Waals surface area (Å²) in [6.45, 7) is 5.60. The molecule has 0 radical (unpaired) electrons. The average Bonchev–Trinajstić information content (AvgIpc) is 2.65. The SMILES string of the molecule is CNCc1ccc(N2CCC3CCC(C2)N3C)c(C)c1. The van der Waals surface area contributed by atoms with Crippen molar-refractivity contribution in [2.24, 2.45) is 0 Å². The molecule has 2 aliphatic rings. The summed E-state index contributed by atoms with van der Waals surface area (Å²) in [6.07, 6.45) is 4.08. The molecule has 0 amide bonds. The van der Waals surface area contributed by atoms with Gasteiger partial charge in [0.2, 0.25) is 0 Å². The topological polar surface area (TPSA) is 18.5 Å². The van der Waals surface area contributed by atoms with E-state index in [1.54, 1.807) is 0 Å². The van der Waals surface area contributed by atoms with E-state index in [4.69, 9.17) is 0 Å². The minimum Gasteiger partial charge on any atom is -0.370 e. The van der Waals surface area contributed by atoms with Crippen LogP contribution in [0, 0.1) is 6.92 Å². The van der Waals surface area contributed by atoms with E-state index in [1.165, 1.54) is 49.2 Å². The largest absolute Gasteiger partial charge is 0.370 e. The highest BCUT2D eigenvalue weighted by Gasteiger charge is 2.34. The first-order valence-corrected chi connectivity index (χ1v) is 7.90.